The Labute approximate surface area is 295 Å². The second-order valence-corrected chi connectivity index (χ2v) is 14.3. The van der Waals surface area contributed by atoms with Crippen LogP contribution in [0.2, 0.25) is 0 Å². The number of hydrogen-bond acceptors (Lipinski definition) is 10. The average molecular weight is 704 g/mol. The molecule has 0 spiro atoms. The number of anilines is 4. The number of urea groups is 1. The first-order valence-corrected chi connectivity index (χ1v) is 17.7. The molecule has 2 N–H and O–H groups in total. The zero-order chi connectivity index (χ0) is 35.2. The zero-order valence-electron chi connectivity index (χ0n) is 28.8. The molecule has 6 heterocycles. The number of piperidine rings is 1. The molecule has 4 bridgehead atoms. The summed E-state index contributed by atoms with van der Waals surface area (Å²) >= 11 is 0. The number of ether oxygens (including phenoxy) is 2. The summed E-state index contributed by atoms with van der Waals surface area (Å²) in [7, 11) is 4.14. The van der Waals surface area contributed by atoms with Gasteiger partial charge in [0.2, 0.25) is 11.9 Å². The zero-order valence-corrected chi connectivity index (χ0v) is 28.8. The summed E-state index contributed by atoms with van der Waals surface area (Å²) in [5.41, 5.74) is 2.34. The minimum absolute atomic E-state index is 0.00599. The maximum absolute atomic E-state index is 15.0. The van der Waals surface area contributed by atoms with E-state index in [0.717, 1.165) is 25.9 Å². The highest BCUT2D eigenvalue weighted by Crippen LogP contribution is 2.38. The Morgan fingerprint density at radius 3 is 1.75 bits per heavy atom. The van der Waals surface area contributed by atoms with E-state index in [1.165, 1.54) is 0 Å². The van der Waals surface area contributed by atoms with E-state index in [0.29, 0.717) is 72.3 Å². The quantitative estimate of drug-likeness (QED) is 0.373. The molecule has 5 fully saturated rings. The predicted molar refractivity (Wildman–Crippen MR) is 188 cm³/mol. The summed E-state index contributed by atoms with van der Waals surface area (Å²) in [6, 6.07) is 12.6. The average Bonchev–Trinajstić information content (AvgIpc) is 3.45. The van der Waals surface area contributed by atoms with Gasteiger partial charge in [0, 0.05) is 54.5 Å². The van der Waals surface area contributed by atoms with Gasteiger partial charge in [-0.1, -0.05) is 0 Å². The topological polar surface area (TPSA) is 128 Å². The number of amides is 3. The van der Waals surface area contributed by atoms with Gasteiger partial charge in [0.05, 0.1) is 50.6 Å². The molecule has 3 amide bonds. The monoisotopic (exact) mass is 703 g/mol. The lowest BCUT2D eigenvalue weighted by Gasteiger charge is -2.37. The molecule has 5 aliphatic rings. The third kappa shape index (κ3) is 6.69. The van der Waals surface area contributed by atoms with Crippen molar-refractivity contribution in [3.8, 4) is 11.4 Å². The fourth-order valence-electron chi connectivity index (χ4n) is 8.06. The number of aromatic nitrogens is 3. The highest BCUT2D eigenvalue weighted by atomic mass is 19.1. The van der Waals surface area contributed by atoms with Gasteiger partial charge in [-0.2, -0.15) is 15.0 Å². The second kappa shape index (κ2) is 13.9. The van der Waals surface area contributed by atoms with Crippen molar-refractivity contribution in [2.45, 2.75) is 68.2 Å². The lowest BCUT2D eigenvalue weighted by atomic mass is 10.0. The summed E-state index contributed by atoms with van der Waals surface area (Å²) in [4.78, 5) is 48.2. The summed E-state index contributed by atoms with van der Waals surface area (Å²) in [6.45, 7) is 2.68. The maximum Gasteiger partial charge on any atom is 0.323 e. The molecule has 3 aromatic rings. The number of morpholine rings is 2. The van der Waals surface area contributed by atoms with Crippen LogP contribution < -0.4 is 20.4 Å². The smallest absolute Gasteiger partial charge is 0.323 e. The molecule has 0 aliphatic carbocycles. The van der Waals surface area contributed by atoms with Crippen LogP contribution in [0, 0.1) is 0 Å². The Morgan fingerprint density at radius 1 is 0.745 bits per heavy atom. The van der Waals surface area contributed by atoms with E-state index in [1.807, 2.05) is 14.7 Å². The van der Waals surface area contributed by atoms with Crippen molar-refractivity contribution in [2.75, 3.05) is 74.0 Å². The number of fused-ring (bicyclic) bond motifs is 4. The van der Waals surface area contributed by atoms with Gasteiger partial charge in [-0.05, 0) is 75.5 Å². The van der Waals surface area contributed by atoms with Crippen molar-refractivity contribution in [1.82, 2.24) is 24.8 Å². The van der Waals surface area contributed by atoms with E-state index >= 15 is 0 Å². The van der Waals surface area contributed by atoms with Gasteiger partial charge in [-0.15, -0.1) is 0 Å². The fraction of sp³-hybridized carbons (Fsp3) is 0.528. The number of likely N-dealkylation sites (tertiary alicyclic amines) is 1. The van der Waals surface area contributed by atoms with Crippen LogP contribution in [-0.2, 0) is 9.47 Å². The van der Waals surface area contributed by atoms with Crippen LogP contribution >= 0.6 is 0 Å². The number of alkyl halides is 2. The molecule has 8 rings (SSSR count). The summed E-state index contributed by atoms with van der Waals surface area (Å²) in [5.74, 6) is 1.05. The molecule has 1 aromatic heterocycles. The number of rotatable bonds is 7. The highest BCUT2D eigenvalue weighted by molar-refractivity contribution is 6.00. The van der Waals surface area contributed by atoms with E-state index < -0.39 is 30.5 Å². The van der Waals surface area contributed by atoms with Crippen molar-refractivity contribution < 1.29 is 27.8 Å². The van der Waals surface area contributed by atoms with Crippen molar-refractivity contribution in [1.29, 1.82) is 0 Å². The van der Waals surface area contributed by atoms with E-state index in [1.54, 1.807) is 48.5 Å². The SMILES string of the molecule is CN(C)C1CCN(C(=O)c2ccc(NC(=O)Nc3ccc(-c4nc(N5[C@@H]6COC[C@H]5[C@@H](F)C6)nc(N5[C@@H]6COC[C@H]5[C@@H](F)C6)n4)cc3)cc2)CC1. The molecule has 51 heavy (non-hydrogen) atoms. The molecule has 15 heteroatoms. The Morgan fingerprint density at radius 2 is 1.25 bits per heavy atom. The lowest BCUT2D eigenvalue weighted by molar-refractivity contribution is 0.0663. The van der Waals surface area contributed by atoms with Crippen LogP contribution in [0.3, 0.4) is 0 Å². The Bertz CT molecular complexity index is 1690. The molecule has 5 saturated heterocycles. The van der Waals surface area contributed by atoms with Crippen LogP contribution in [0.15, 0.2) is 48.5 Å². The number of nitrogens with one attached hydrogen (secondary N) is 2. The maximum atomic E-state index is 15.0. The minimum atomic E-state index is -1.07. The lowest BCUT2D eigenvalue weighted by Crippen LogP contribution is -2.50. The normalized spacial score (nSPS) is 27.6. The highest BCUT2D eigenvalue weighted by Gasteiger charge is 2.49. The number of halogens is 2. The van der Waals surface area contributed by atoms with E-state index in [9.17, 15) is 18.4 Å². The molecule has 0 unspecified atom stereocenters. The molecule has 5 aliphatic heterocycles. The van der Waals surface area contributed by atoms with Crippen LogP contribution in [0.25, 0.3) is 11.4 Å². The summed E-state index contributed by atoms with van der Waals surface area (Å²) in [6.07, 6.45) is 0.425. The molecule has 2 aromatic carbocycles. The van der Waals surface area contributed by atoms with Crippen LogP contribution in [-0.4, -0.2) is 133 Å². The van der Waals surface area contributed by atoms with Gasteiger partial charge in [0.25, 0.3) is 5.91 Å². The second-order valence-electron chi connectivity index (χ2n) is 14.3. The first-order valence-electron chi connectivity index (χ1n) is 17.7. The van der Waals surface area contributed by atoms with Gasteiger partial charge in [0.1, 0.15) is 12.3 Å². The first-order chi connectivity index (χ1) is 24.7. The summed E-state index contributed by atoms with van der Waals surface area (Å²) in [5, 5.41) is 5.65. The molecular formula is C36H43F2N9O4. The van der Waals surface area contributed by atoms with Crippen molar-refractivity contribution in [3.63, 3.8) is 0 Å². The molecule has 6 atom stereocenters. The van der Waals surface area contributed by atoms with E-state index in [2.05, 4.69) is 29.6 Å². The largest absolute Gasteiger partial charge is 0.377 e. The molecule has 0 saturated carbocycles. The van der Waals surface area contributed by atoms with Crippen LogP contribution in [0.5, 0.6) is 0 Å². The van der Waals surface area contributed by atoms with Gasteiger partial charge >= 0.3 is 6.03 Å². The molecule has 0 radical (unpaired) electrons. The van der Waals surface area contributed by atoms with Gasteiger partial charge < -0.3 is 39.7 Å². The standard InChI is InChI=1S/C36H43F2N9O4/c1-44(2)25-11-13-45(14-12-25)33(48)22-5-9-24(10-6-22)40-36(49)39-23-7-3-21(4-8-23)32-41-34(46-26-15-28(37)30(46)19-50-17-26)43-35(42-32)47-27-16-29(38)31(47)20-51-18-27/h3-10,25-31H,11-20H2,1-2H3,(H2,39,40,49)/t26-,27-,28-,29-,30-,31-/m0/s1. The minimum Gasteiger partial charge on any atom is -0.377 e. The van der Waals surface area contributed by atoms with Crippen molar-refractivity contribution in [2.24, 2.45) is 0 Å². The number of carbonyl (C=O) groups is 2. The Balaban J connectivity index is 0.956. The molecular weight excluding hydrogens is 660 g/mol. The number of nitrogens with zero attached hydrogens (tertiary/aromatic N) is 7. The Hall–Kier alpha value is -4.47. The molecule has 13 nitrogen and oxygen atoms in total. The van der Waals surface area contributed by atoms with Gasteiger partial charge in [-0.3, -0.25) is 4.79 Å². The van der Waals surface area contributed by atoms with Crippen LogP contribution in [0.1, 0.15) is 36.0 Å². The van der Waals surface area contributed by atoms with Gasteiger partial charge in [-0.25, -0.2) is 13.6 Å². The van der Waals surface area contributed by atoms with E-state index in [-0.39, 0.29) is 31.2 Å². The molecule has 270 valence electrons. The third-order valence-electron chi connectivity index (χ3n) is 10.9. The van der Waals surface area contributed by atoms with Gasteiger partial charge in [0.15, 0.2) is 5.82 Å². The van der Waals surface area contributed by atoms with E-state index in [4.69, 9.17) is 24.4 Å². The van der Waals surface area contributed by atoms with Crippen molar-refractivity contribution in [3.05, 3.63) is 54.1 Å². The fourth-order valence-corrected chi connectivity index (χ4v) is 8.06. The first kappa shape index (κ1) is 33.7. The third-order valence-corrected chi connectivity index (χ3v) is 10.9. The van der Waals surface area contributed by atoms with Crippen molar-refractivity contribution >= 4 is 35.2 Å². The number of benzene rings is 2. The Kier molecular flexibility index (Phi) is 9.19. The number of carbonyl (C=O) groups excluding carboxylic acids is 2. The summed E-state index contributed by atoms with van der Waals surface area (Å²) < 4.78 is 41.3. The predicted octanol–water partition coefficient (Wildman–Crippen LogP) is 3.98. The van der Waals surface area contributed by atoms with Crippen LogP contribution in [0.4, 0.5) is 36.8 Å². The number of hydrogen-bond donors (Lipinski definition) is 2.